The topological polar surface area (TPSA) is 31.9 Å². The van der Waals surface area contributed by atoms with Gasteiger partial charge in [0.1, 0.15) is 5.82 Å². The summed E-state index contributed by atoms with van der Waals surface area (Å²) in [6.07, 6.45) is 6.28. The highest BCUT2D eigenvalue weighted by atomic mass is 15.2. The van der Waals surface area contributed by atoms with Crippen LogP contribution in [0.4, 0.5) is 5.82 Å². The Hall–Kier alpha value is -1.77. The highest BCUT2D eigenvalue weighted by molar-refractivity contribution is 5.43. The quantitative estimate of drug-likeness (QED) is 0.831. The molecule has 16 heavy (non-hydrogen) atoms. The molecule has 3 nitrogen and oxygen atoms in total. The third kappa shape index (κ3) is 1.58. The fourth-order valence-corrected chi connectivity index (χ4v) is 2.44. The Labute approximate surface area is 95.1 Å². The Kier molecular flexibility index (Phi) is 2.37. The lowest BCUT2D eigenvalue weighted by Gasteiger charge is -2.24. The van der Waals surface area contributed by atoms with E-state index in [1.165, 1.54) is 24.4 Å². The van der Waals surface area contributed by atoms with Gasteiger partial charge >= 0.3 is 0 Å². The van der Waals surface area contributed by atoms with E-state index in [-0.39, 0.29) is 0 Å². The molecule has 2 aromatic rings. The smallest absolute Gasteiger partial charge is 0.106 e. The van der Waals surface area contributed by atoms with Crippen molar-refractivity contribution in [3.63, 3.8) is 0 Å². The Bertz CT molecular complexity index is 435. The molecule has 0 aliphatic carbocycles. The van der Waals surface area contributed by atoms with Crippen molar-refractivity contribution in [2.24, 2.45) is 0 Å². The van der Waals surface area contributed by atoms with Crippen LogP contribution in [0.5, 0.6) is 0 Å². The third-order valence-corrected chi connectivity index (χ3v) is 3.17. The molecule has 1 N–H and O–H groups in total. The maximum Gasteiger partial charge on any atom is 0.106 e. The summed E-state index contributed by atoms with van der Waals surface area (Å²) in [5.74, 6) is 1.20. The van der Waals surface area contributed by atoms with Crippen molar-refractivity contribution in [3.05, 3.63) is 48.4 Å². The van der Waals surface area contributed by atoms with Crippen molar-refractivity contribution >= 4 is 5.82 Å². The monoisotopic (exact) mass is 213 g/mol. The van der Waals surface area contributed by atoms with Crippen LogP contribution in [0.2, 0.25) is 0 Å². The van der Waals surface area contributed by atoms with Gasteiger partial charge in [-0.05, 0) is 37.1 Å². The number of aromatic amines is 1. The van der Waals surface area contributed by atoms with E-state index in [9.17, 15) is 0 Å². The lowest BCUT2D eigenvalue weighted by Crippen LogP contribution is -2.23. The number of aromatic nitrogens is 2. The number of hydrogen-bond donors (Lipinski definition) is 1. The van der Waals surface area contributed by atoms with Gasteiger partial charge in [-0.15, -0.1) is 0 Å². The minimum Gasteiger partial charge on any atom is -0.350 e. The average molecular weight is 213 g/mol. The lowest BCUT2D eigenvalue weighted by atomic mass is 10.1. The number of rotatable bonds is 2. The van der Waals surface area contributed by atoms with E-state index in [1.807, 2.05) is 24.5 Å². The van der Waals surface area contributed by atoms with Gasteiger partial charge in [-0.2, -0.15) is 0 Å². The van der Waals surface area contributed by atoms with Gasteiger partial charge in [0.05, 0.1) is 11.7 Å². The summed E-state index contributed by atoms with van der Waals surface area (Å²) in [6, 6.07) is 10.8. The van der Waals surface area contributed by atoms with Crippen LogP contribution in [0.3, 0.4) is 0 Å². The van der Waals surface area contributed by atoms with E-state index in [0.29, 0.717) is 6.04 Å². The summed E-state index contributed by atoms with van der Waals surface area (Å²) in [6.45, 7) is 1.11. The summed E-state index contributed by atoms with van der Waals surface area (Å²) in [5.41, 5.74) is 1.18. The molecule has 0 radical (unpaired) electrons. The zero-order valence-electron chi connectivity index (χ0n) is 9.13. The normalized spacial score (nSPS) is 20.2. The van der Waals surface area contributed by atoms with Crippen molar-refractivity contribution < 1.29 is 0 Å². The van der Waals surface area contributed by atoms with E-state index in [0.717, 1.165) is 6.54 Å². The van der Waals surface area contributed by atoms with Crippen LogP contribution in [0.1, 0.15) is 24.6 Å². The van der Waals surface area contributed by atoms with Crippen molar-refractivity contribution in [1.82, 2.24) is 9.97 Å². The number of pyridine rings is 1. The summed E-state index contributed by atoms with van der Waals surface area (Å²) in [7, 11) is 0. The van der Waals surface area contributed by atoms with Gasteiger partial charge < -0.3 is 9.88 Å². The molecule has 1 atom stereocenters. The van der Waals surface area contributed by atoms with Crippen molar-refractivity contribution in [2.75, 3.05) is 11.4 Å². The van der Waals surface area contributed by atoms with Gasteiger partial charge in [-0.3, -0.25) is 4.98 Å². The van der Waals surface area contributed by atoms with E-state index >= 15 is 0 Å². The summed E-state index contributed by atoms with van der Waals surface area (Å²) in [5, 5.41) is 0. The first kappa shape index (κ1) is 9.46. The first-order chi connectivity index (χ1) is 7.95. The highest BCUT2D eigenvalue weighted by Gasteiger charge is 2.27. The van der Waals surface area contributed by atoms with E-state index in [1.54, 1.807) is 0 Å². The Morgan fingerprint density at radius 1 is 1.25 bits per heavy atom. The molecule has 1 fully saturated rings. The van der Waals surface area contributed by atoms with Gasteiger partial charge in [0, 0.05) is 18.9 Å². The Balaban J connectivity index is 1.90. The number of H-pyrrole nitrogens is 1. The fourth-order valence-electron chi connectivity index (χ4n) is 2.44. The zero-order chi connectivity index (χ0) is 10.8. The summed E-state index contributed by atoms with van der Waals surface area (Å²) >= 11 is 0. The van der Waals surface area contributed by atoms with Gasteiger partial charge in [0.25, 0.3) is 0 Å². The van der Waals surface area contributed by atoms with Crippen molar-refractivity contribution in [3.8, 4) is 0 Å². The van der Waals surface area contributed by atoms with Crippen LogP contribution in [0, 0.1) is 0 Å². The molecule has 3 rings (SSSR count). The molecule has 0 amide bonds. The largest absolute Gasteiger partial charge is 0.350 e. The number of anilines is 1. The van der Waals surface area contributed by atoms with E-state index < -0.39 is 0 Å². The number of hydrogen-bond acceptors (Lipinski definition) is 2. The van der Waals surface area contributed by atoms with E-state index in [2.05, 4.69) is 33.1 Å². The van der Waals surface area contributed by atoms with Gasteiger partial charge in [0.15, 0.2) is 0 Å². The van der Waals surface area contributed by atoms with E-state index in [4.69, 9.17) is 0 Å². The molecule has 82 valence electrons. The minimum absolute atomic E-state index is 0.430. The summed E-state index contributed by atoms with van der Waals surface area (Å²) in [4.78, 5) is 10.1. The molecule has 1 aliphatic heterocycles. The minimum atomic E-state index is 0.430. The van der Waals surface area contributed by atoms with Gasteiger partial charge in [0.2, 0.25) is 0 Å². The molecule has 3 heteroatoms. The first-order valence-corrected chi connectivity index (χ1v) is 5.76. The van der Waals surface area contributed by atoms with Crippen molar-refractivity contribution in [1.29, 1.82) is 0 Å². The van der Waals surface area contributed by atoms with Crippen molar-refractivity contribution in [2.45, 2.75) is 18.9 Å². The fraction of sp³-hybridized carbons (Fsp3) is 0.308. The molecule has 0 aromatic carbocycles. The maximum atomic E-state index is 4.47. The third-order valence-electron chi connectivity index (χ3n) is 3.17. The van der Waals surface area contributed by atoms with Crippen LogP contribution in [0.25, 0.3) is 0 Å². The SMILES string of the molecule is c1ccc(C2CCCN2c2ccc[nH]2)nc1. The molecule has 1 aliphatic rings. The second-order valence-corrected chi connectivity index (χ2v) is 4.16. The predicted molar refractivity (Wildman–Crippen MR) is 64.4 cm³/mol. The van der Waals surface area contributed by atoms with Gasteiger partial charge in [-0.25, -0.2) is 0 Å². The van der Waals surface area contributed by atoms with Crippen LogP contribution >= 0.6 is 0 Å². The molecule has 3 heterocycles. The molecule has 0 saturated carbocycles. The zero-order valence-corrected chi connectivity index (χ0v) is 9.13. The maximum absolute atomic E-state index is 4.47. The van der Waals surface area contributed by atoms with Crippen LogP contribution in [-0.2, 0) is 0 Å². The second-order valence-electron chi connectivity index (χ2n) is 4.16. The molecule has 1 unspecified atom stereocenters. The first-order valence-electron chi connectivity index (χ1n) is 5.76. The highest BCUT2D eigenvalue weighted by Crippen LogP contribution is 2.33. The molecular weight excluding hydrogens is 198 g/mol. The molecule has 2 aromatic heterocycles. The number of nitrogens with one attached hydrogen (secondary N) is 1. The molecule has 0 spiro atoms. The van der Waals surface area contributed by atoms with Crippen LogP contribution in [-0.4, -0.2) is 16.5 Å². The summed E-state index contributed by atoms with van der Waals surface area (Å²) < 4.78 is 0. The lowest BCUT2D eigenvalue weighted by molar-refractivity contribution is 0.689. The predicted octanol–water partition coefficient (Wildman–Crippen LogP) is 2.75. The number of nitrogens with zero attached hydrogens (tertiary/aromatic N) is 2. The van der Waals surface area contributed by atoms with Crippen LogP contribution in [0.15, 0.2) is 42.7 Å². The molecular formula is C13H15N3. The molecule has 0 bridgehead atoms. The average Bonchev–Trinajstić information content (AvgIpc) is 3.01. The molecule has 1 saturated heterocycles. The Morgan fingerprint density at radius 2 is 2.25 bits per heavy atom. The second kappa shape index (κ2) is 4.00. The standard InChI is InChI=1S/C13H15N3/c1-2-8-14-11(5-1)12-6-4-10-16(12)13-7-3-9-15-13/h1-3,5,7-9,12,15H,4,6,10H2. The van der Waals surface area contributed by atoms with Crippen LogP contribution < -0.4 is 4.90 Å². The Morgan fingerprint density at radius 3 is 3.00 bits per heavy atom. The van der Waals surface area contributed by atoms with Gasteiger partial charge in [-0.1, -0.05) is 6.07 Å².